The van der Waals surface area contributed by atoms with Crippen molar-refractivity contribution in [3.63, 3.8) is 0 Å². The zero-order chi connectivity index (χ0) is 13.5. The molecule has 0 aliphatic heterocycles. The van der Waals surface area contributed by atoms with Gasteiger partial charge in [0.05, 0.1) is 12.7 Å². The second-order valence-electron chi connectivity index (χ2n) is 4.48. The molecule has 0 aliphatic carbocycles. The molecule has 100 valence electrons. The minimum absolute atomic E-state index is 0.179. The lowest BCUT2D eigenvalue weighted by atomic mass is 10.2. The highest BCUT2D eigenvalue weighted by Crippen LogP contribution is 2.02. The van der Waals surface area contributed by atoms with Crippen molar-refractivity contribution in [3.8, 4) is 0 Å². The van der Waals surface area contributed by atoms with Crippen LogP contribution in [-0.2, 0) is 16.1 Å². The third-order valence-electron chi connectivity index (χ3n) is 2.29. The van der Waals surface area contributed by atoms with E-state index < -0.39 is 5.97 Å². The molecule has 0 unspecified atom stereocenters. The number of carbonyl (C=O) groups excluding carboxylic acids is 1. The lowest BCUT2D eigenvalue weighted by Crippen LogP contribution is -2.38. The van der Waals surface area contributed by atoms with Crippen molar-refractivity contribution in [1.29, 1.82) is 0 Å². The van der Waals surface area contributed by atoms with Gasteiger partial charge in [-0.2, -0.15) is 0 Å². The third-order valence-corrected chi connectivity index (χ3v) is 2.29. The summed E-state index contributed by atoms with van der Waals surface area (Å²) in [5.74, 6) is -0.939. The molecule has 1 aromatic heterocycles. The Bertz CT molecular complexity index is 389. The molecule has 0 atom stereocenters. The highest BCUT2D eigenvalue weighted by atomic mass is 16.4. The number of aliphatic carboxylic acids is 1. The van der Waals surface area contributed by atoms with Crippen molar-refractivity contribution in [2.75, 3.05) is 13.1 Å². The summed E-state index contributed by atoms with van der Waals surface area (Å²) in [5.41, 5.74) is 0. The Labute approximate surface area is 105 Å². The average Bonchev–Trinajstić information content (AvgIpc) is 2.76. The monoisotopic (exact) mass is 254 g/mol. The molecule has 7 heteroatoms. The Balaban J connectivity index is 2.50. The Hall–Kier alpha value is -1.92. The van der Waals surface area contributed by atoms with Crippen molar-refractivity contribution in [3.05, 3.63) is 12.4 Å². The summed E-state index contributed by atoms with van der Waals surface area (Å²) in [6.07, 6.45) is 3.42. The number of aromatic nitrogens is 3. The number of carbonyl (C=O) groups is 2. The van der Waals surface area contributed by atoms with Crippen LogP contribution in [0.3, 0.4) is 0 Å². The van der Waals surface area contributed by atoms with E-state index >= 15 is 0 Å². The molecule has 0 saturated carbocycles. The predicted molar refractivity (Wildman–Crippen MR) is 63.7 cm³/mol. The van der Waals surface area contributed by atoms with Crippen LogP contribution in [0, 0.1) is 5.92 Å². The average molecular weight is 254 g/mol. The van der Waals surface area contributed by atoms with Crippen LogP contribution in [0.25, 0.3) is 0 Å². The number of carboxylic acid groups (broad SMARTS) is 1. The quantitative estimate of drug-likeness (QED) is 0.752. The zero-order valence-electron chi connectivity index (χ0n) is 10.6. The first-order valence-electron chi connectivity index (χ1n) is 5.82. The van der Waals surface area contributed by atoms with E-state index in [9.17, 15) is 9.59 Å². The lowest BCUT2D eigenvalue weighted by Gasteiger charge is -2.22. The van der Waals surface area contributed by atoms with Gasteiger partial charge in [0.1, 0.15) is 6.54 Å². The molecule has 1 N–H and O–H groups in total. The van der Waals surface area contributed by atoms with Gasteiger partial charge >= 0.3 is 5.97 Å². The molecule has 0 radical (unpaired) electrons. The van der Waals surface area contributed by atoms with Gasteiger partial charge in [0.2, 0.25) is 5.91 Å². The van der Waals surface area contributed by atoms with Gasteiger partial charge < -0.3 is 10.0 Å². The van der Waals surface area contributed by atoms with E-state index in [0.29, 0.717) is 13.1 Å². The van der Waals surface area contributed by atoms with Crippen LogP contribution in [0.1, 0.15) is 20.3 Å². The van der Waals surface area contributed by atoms with Crippen LogP contribution in [-0.4, -0.2) is 50.0 Å². The van der Waals surface area contributed by atoms with Gasteiger partial charge in [-0.15, -0.1) is 5.10 Å². The van der Waals surface area contributed by atoms with Crippen LogP contribution in [0.4, 0.5) is 0 Å². The smallest absolute Gasteiger partial charge is 0.323 e. The third kappa shape index (κ3) is 4.94. The number of nitrogens with zero attached hydrogens (tertiary/aromatic N) is 4. The first-order chi connectivity index (χ1) is 8.49. The molecule has 1 amide bonds. The van der Waals surface area contributed by atoms with E-state index in [4.69, 9.17) is 5.11 Å². The fourth-order valence-corrected chi connectivity index (χ4v) is 1.58. The molecule has 0 spiro atoms. The molecule has 18 heavy (non-hydrogen) atoms. The maximum atomic E-state index is 11.9. The molecular formula is C11H18N4O3. The summed E-state index contributed by atoms with van der Waals surface area (Å²) < 4.78 is 1.55. The van der Waals surface area contributed by atoms with Crippen LogP contribution >= 0.6 is 0 Å². The number of hydrogen-bond acceptors (Lipinski definition) is 4. The fraction of sp³-hybridized carbons (Fsp3) is 0.636. The topological polar surface area (TPSA) is 88.3 Å². The maximum absolute atomic E-state index is 11.9. The normalized spacial score (nSPS) is 10.6. The van der Waals surface area contributed by atoms with E-state index in [1.165, 1.54) is 11.1 Å². The summed E-state index contributed by atoms with van der Waals surface area (Å²) in [6.45, 7) is 4.49. The second kappa shape index (κ2) is 6.73. The number of carboxylic acids is 1. The maximum Gasteiger partial charge on any atom is 0.323 e. The van der Waals surface area contributed by atoms with Crippen molar-refractivity contribution >= 4 is 11.9 Å². The van der Waals surface area contributed by atoms with Gasteiger partial charge in [-0.1, -0.05) is 19.1 Å². The first-order valence-corrected chi connectivity index (χ1v) is 5.82. The van der Waals surface area contributed by atoms with Gasteiger partial charge in [0, 0.05) is 19.2 Å². The van der Waals surface area contributed by atoms with Gasteiger partial charge in [-0.25, -0.2) is 0 Å². The van der Waals surface area contributed by atoms with Crippen molar-refractivity contribution in [2.45, 2.75) is 26.8 Å². The Morgan fingerprint density at radius 2 is 2.17 bits per heavy atom. The molecular weight excluding hydrogens is 236 g/mol. The largest absolute Gasteiger partial charge is 0.480 e. The van der Waals surface area contributed by atoms with Crippen molar-refractivity contribution < 1.29 is 14.7 Å². The lowest BCUT2D eigenvalue weighted by molar-refractivity contribution is -0.144. The van der Waals surface area contributed by atoms with E-state index in [1.54, 1.807) is 10.9 Å². The molecule has 7 nitrogen and oxygen atoms in total. The molecule has 1 rings (SSSR count). The first kappa shape index (κ1) is 14.1. The fourth-order valence-electron chi connectivity index (χ4n) is 1.58. The van der Waals surface area contributed by atoms with Crippen LogP contribution in [0.2, 0.25) is 0 Å². The molecule has 0 saturated heterocycles. The minimum atomic E-state index is -0.996. The number of rotatable bonds is 7. The number of amides is 1. The van der Waals surface area contributed by atoms with Crippen molar-refractivity contribution in [2.24, 2.45) is 5.92 Å². The molecule has 0 fully saturated rings. The minimum Gasteiger partial charge on any atom is -0.480 e. The molecule has 1 aromatic rings. The molecule has 0 bridgehead atoms. The molecule has 0 aromatic carbocycles. The van der Waals surface area contributed by atoms with Gasteiger partial charge in [0.25, 0.3) is 0 Å². The summed E-state index contributed by atoms with van der Waals surface area (Å²) in [5, 5.41) is 16.2. The van der Waals surface area contributed by atoms with E-state index in [-0.39, 0.29) is 24.8 Å². The van der Waals surface area contributed by atoms with Crippen LogP contribution in [0.5, 0.6) is 0 Å². The Kier molecular flexibility index (Phi) is 5.29. The number of aryl methyl sites for hydroxylation is 1. The Morgan fingerprint density at radius 1 is 1.44 bits per heavy atom. The van der Waals surface area contributed by atoms with Crippen molar-refractivity contribution in [1.82, 2.24) is 19.9 Å². The second-order valence-corrected chi connectivity index (χ2v) is 4.48. The van der Waals surface area contributed by atoms with E-state index in [1.807, 2.05) is 13.8 Å². The van der Waals surface area contributed by atoms with Gasteiger partial charge in [-0.3, -0.25) is 14.3 Å². The summed E-state index contributed by atoms with van der Waals surface area (Å²) >= 11 is 0. The summed E-state index contributed by atoms with van der Waals surface area (Å²) in [6, 6.07) is 0. The summed E-state index contributed by atoms with van der Waals surface area (Å²) in [7, 11) is 0. The summed E-state index contributed by atoms with van der Waals surface area (Å²) in [4.78, 5) is 24.0. The molecule has 0 aliphatic rings. The highest BCUT2D eigenvalue weighted by molar-refractivity contribution is 5.81. The molecule has 1 heterocycles. The highest BCUT2D eigenvalue weighted by Gasteiger charge is 2.17. The van der Waals surface area contributed by atoms with Crippen LogP contribution in [0.15, 0.2) is 12.4 Å². The number of hydrogen-bond donors (Lipinski definition) is 1. The zero-order valence-corrected chi connectivity index (χ0v) is 10.6. The van der Waals surface area contributed by atoms with Gasteiger partial charge in [-0.05, 0) is 5.92 Å². The van der Waals surface area contributed by atoms with Crippen LogP contribution < -0.4 is 0 Å². The Morgan fingerprint density at radius 3 is 2.67 bits per heavy atom. The SMILES string of the molecule is CC(C)CN(CC(=O)O)C(=O)CCn1ccnn1. The van der Waals surface area contributed by atoms with E-state index in [0.717, 1.165) is 0 Å². The predicted octanol–water partition coefficient (Wildman–Crippen LogP) is 0.237. The van der Waals surface area contributed by atoms with Gasteiger partial charge in [0.15, 0.2) is 0 Å². The standard InChI is InChI=1S/C11H18N4O3/c1-9(2)7-14(8-11(17)18)10(16)3-5-15-6-4-12-13-15/h4,6,9H,3,5,7-8H2,1-2H3,(H,17,18). The van der Waals surface area contributed by atoms with E-state index in [2.05, 4.69) is 10.3 Å².